The zero-order valence-electron chi connectivity index (χ0n) is 10.6. The molecule has 1 rings (SSSR count). The Morgan fingerprint density at radius 1 is 1.53 bits per heavy atom. The average molecular weight is 238 g/mol. The SMILES string of the molecule is COc1cn(CC(=O)NC(C)C)c(C)cc1=O. The first-order valence-electron chi connectivity index (χ1n) is 5.48. The molecule has 0 bridgehead atoms. The lowest BCUT2D eigenvalue weighted by Crippen LogP contribution is -2.33. The highest BCUT2D eigenvalue weighted by Gasteiger charge is 2.08. The summed E-state index contributed by atoms with van der Waals surface area (Å²) in [6.45, 7) is 5.76. The van der Waals surface area contributed by atoms with Gasteiger partial charge in [0.1, 0.15) is 6.54 Å². The van der Waals surface area contributed by atoms with E-state index in [0.29, 0.717) is 0 Å². The van der Waals surface area contributed by atoms with Crippen LogP contribution < -0.4 is 15.5 Å². The molecule has 0 unspecified atom stereocenters. The number of methoxy groups -OCH3 is 1. The van der Waals surface area contributed by atoms with Gasteiger partial charge in [-0.2, -0.15) is 0 Å². The molecule has 0 spiro atoms. The zero-order valence-corrected chi connectivity index (χ0v) is 10.6. The zero-order chi connectivity index (χ0) is 13.0. The summed E-state index contributed by atoms with van der Waals surface area (Å²) in [7, 11) is 1.44. The minimum absolute atomic E-state index is 0.0891. The van der Waals surface area contributed by atoms with Crippen molar-refractivity contribution in [3.05, 3.63) is 28.2 Å². The highest BCUT2D eigenvalue weighted by Crippen LogP contribution is 2.05. The second-order valence-electron chi connectivity index (χ2n) is 4.20. The number of carbonyl (C=O) groups is 1. The van der Waals surface area contributed by atoms with Crippen LogP contribution in [0.25, 0.3) is 0 Å². The van der Waals surface area contributed by atoms with Crippen molar-refractivity contribution in [2.45, 2.75) is 33.4 Å². The predicted molar refractivity (Wildman–Crippen MR) is 65.3 cm³/mol. The molecule has 0 saturated heterocycles. The molecular formula is C12H18N2O3. The van der Waals surface area contributed by atoms with Crippen molar-refractivity contribution in [3.63, 3.8) is 0 Å². The summed E-state index contributed by atoms with van der Waals surface area (Å²) in [5.74, 6) is 0.154. The summed E-state index contributed by atoms with van der Waals surface area (Å²) in [6, 6.07) is 1.56. The summed E-state index contributed by atoms with van der Waals surface area (Å²) in [5.41, 5.74) is 0.556. The lowest BCUT2D eigenvalue weighted by Gasteiger charge is -2.13. The van der Waals surface area contributed by atoms with Crippen LogP contribution in [-0.4, -0.2) is 23.6 Å². The van der Waals surface area contributed by atoms with Gasteiger partial charge < -0.3 is 14.6 Å². The molecule has 1 amide bonds. The highest BCUT2D eigenvalue weighted by atomic mass is 16.5. The van der Waals surface area contributed by atoms with Crippen LogP contribution in [0.3, 0.4) is 0 Å². The van der Waals surface area contributed by atoms with Crippen molar-refractivity contribution in [2.75, 3.05) is 7.11 Å². The number of pyridine rings is 1. The second kappa shape index (κ2) is 5.52. The fraction of sp³-hybridized carbons (Fsp3) is 0.500. The number of ether oxygens (including phenoxy) is 1. The molecule has 0 fully saturated rings. The first kappa shape index (κ1) is 13.3. The van der Waals surface area contributed by atoms with E-state index >= 15 is 0 Å². The monoisotopic (exact) mass is 238 g/mol. The van der Waals surface area contributed by atoms with Crippen LogP contribution in [0.1, 0.15) is 19.5 Å². The third-order valence-electron chi connectivity index (χ3n) is 2.29. The molecule has 17 heavy (non-hydrogen) atoms. The molecule has 0 aliphatic rings. The molecule has 94 valence electrons. The second-order valence-corrected chi connectivity index (χ2v) is 4.20. The van der Waals surface area contributed by atoms with E-state index in [1.54, 1.807) is 17.7 Å². The molecule has 0 aliphatic heterocycles. The maximum atomic E-state index is 11.6. The van der Waals surface area contributed by atoms with Gasteiger partial charge in [-0.05, 0) is 20.8 Å². The molecule has 0 atom stereocenters. The number of hydrogen-bond acceptors (Lipinski definition) is 3. The number of aryl methyl sites for hydroxylation is 1. The molecule has 1 heterocycles. The largest absolute Gasteiger partial charge is 0.491 e. The molecule has 0 saturated carbocycles. The van der Waals surface area contributed by atoms with Gasteiger partial charge in [0.25, 0.3) is 0 Å². The van der Waals surface area contributed by atoms with Crippen molar-refractivity contribution in [2.24, 2.45) is 0 Å². The standard InChI is InChI=1S/C12H18N2O3/c1-8(2)13-12(16)7-14-6-11(17-4)10(15)5-9(14)3/h5-6,8H,7H2,1-4H3,(H,13,16). The van der Waals surface area contributed by atoms with Crippen LogP contribution >= 0.6 is 0 Å². The Balaban J connectivity index is 2.91. The molecule has 0 radical (unpaired) electrons. The van der Waals surface area contributed by atoms with Gasteiger partial charge in [-0.15, -0.1) is 0 Å². The van der Waals surface area contributed by atoms with Crippen LogP contribution in [0.5, 0.6) is 5.75 Å². The molecule has 5 nitrogen and oxygen atoms in total. The van der Waals surface area contributed by atoms with E-state index < -0.39 is 0 Å². The maximum absolute atomic E-state index is 11.6. The molecule has 0 aromatic carbocycles. The topological polar surface area (TPSA) is 60.3 Å². The van der Waals surface area contributed by atoms with Gasteiger partial charge in [0.2, 0.25) is 11.3 Å². The minimum Gasteiger partial charge on any atom is -0.491 e. The van der Waals surface area contributed by atoms with E-state index in [9.17, 15) is 9.59 Å². The number of nitrogens with zero attached hydrogens (tertiary/aromatic N) is 1. The van der Waals surface area contributed by atoms with Crippen molar-refractivity contribution in [1.29, 1.82) is 0 Å². The molecular weight excluding hydrogens is 220 g/mol. The van der Waals surface area contributed by atoms with Gasteiger partial charge in [0.05, 0.1) is 13.3 Å². The van der Waals surface area contributed by atoms with E-state index in [1.165, 1.54) is 13.2 Å². The van der Waals surface area contributed by atoms with Crippen molar-refractivity contribution < 1.29 is 9.53 Å². The van der Waals surface area contributed by atoms with E-state index in [-0.39, 0.29) is 29.7 Å². The van der Waals surface area contributed by atoms with Gasteiger partial charge in [-0.25, -0.2) is 0 Å². The van der Waals surface area contributed by atoms with E-state index in [0.717, 1.165) is 5.69 Å². The summed E-state index contributed by atoms with van der Waals surface area (Å²) >= 11 is 0. The highest BCUT2D eigenvalue weighted by molar-refractivity contribution is 5.76. The van der Waals surface area contributed by atoms with Crippen LogP contribution in [0.4, 0.5) is 0 Å². The summed E-state index contributed by atoms with van der Waals surface area (Å²) in [5, 5.41) is 2.79. The number of rotatable bonds is 4. The van der Waals surface area contributed by atoms with Crippen molar-refractivity contribution in [3.8, 4) is 5.75 Å². The van der Waals surface area contributed by atoms with Gasteiger partial charge >= 0.3 is 0 Å². The lowest BCUT2D eigenvalue weighted by molar-refractivity contribution is -0.122. The fourth-order valence-electron chi connectivity index (χ4n) is 1.50. The Hall–Kier alpha value is -1.78. The summed E-state index contributed by atoms with van der Waals surface area (Å²) in [6.07, 6.45) is 1.55. The lowest BCUT2D eigenvalue weighted by atomic mass is 10.3. The molecule has 1 aromatic rings. The van der Waals surface area contributed by atoms with Gasteiger partial charge in [-0.3, -0.25) is 9.59 Å². The molecule has 0 aliphatic carbocycles. The van der Waals surface area contributed by atoms with Gasteiger partial charge in [0.15, 0.2) is 5.75 Å². The summed E-state index contributed by atoms with van der Waals surface area (Å²) in [4.78, 5) is 23.1. The Kier molecular flexibility index (Phi) is 4.31. The molecule has 1 N–H and O–H groups in total. The number of aromatic nitrogens is 1. The average Bonchev–Trinajstić information content (AvgIpc) is 2.20. The first-order chi connectivity index (χ1) is 7.93. The van der Waals surface area contributed by atoms with Gasteiger partial charge in [-0.1, -0.05) is 0 Å². The third-order valence-corrected chi connectivity index (χ3v) is 2.29. The normalized spacial score (nSPS) is 10.4. The first-order valence-corrected chi connectivity index (χ1v) is 5.48. The minimum atomic E-state index is -0.175. The molecule has 5 heteroatoms. The Morgan fingerprint density at radius 3 is 2.71 bits per heavy atom. The van der Waals surface area contributed by atoms with Crippen LogP contribution in [0.2, 0.25) is 0 Å². The third kappa shape index (κ3) is 3.62. The Morgan fingerprint density at radius 2 is 2.18 bits per heavy atom. The van der Waals surface area contributed by atoms with Crippen molar-refractivity contribution >= 4 is 5.91 Å². The number of hydrogen-bond donors (Lipinski definition) is 1. The van der Waals surface area contributed by atoms with Crippen LogP contribution in [0, 0.1) is 6.92 Å². The Bertz CT molecular complexity index is 463. The maximum Gasteiger partial charge on any atom is 0.240 e. The van der Waals surface area contributed by atoms with E-state index in [4.69, 9.17) is 4.74 Å². The quantitative estimate of drug-likeness (QED) is 0.839. The number of nitrogens with one attached hydrogen (secondary N) is 1. The predicted octanol–water partition coefficient (Wildman–Crippen LogP) is 0.690. The fourth-order valence-corrected chi connectivity index (χ4v) is 1.50. The van der Waals surface area contributed by atoms with Crippen LogP contribution in [0.15, 0.2) is 17.1 Å². The van der Waals surface area contributed by atoms with Crippen LogP contribution in [-0.2, 0) is 11.3 Å². The van der Waals surface area contributed by atoms with E-state index in [2.05, 4.69) is 5.32 Å². The number of carbonyl (C=O) groups excluding carboxylic acids is 1. The van der Waals surface area contributed by atoms with Gasteiger partial charge in [0, 0.05) is 17.8 Å². The molecule has 1 aromatic heterocycles. The van der Waals surface area contributed by atoms with E-state index in [1.807, 2.05) is 13.8 Å². The number of amides is 1. The van der Waals surface area contributed by atoms with Crippen molar-refractivity contribution in [1.82, 2.24) is 9.88 Å². The summed E-state index contributed by atoms with van der Waals surface area (Å²) < 4.78 is 6.63. The smallest absolute Gasteiger partial charge is 0.240 e. The Labute approximate surface area is 100 Å².